The molecule has 0 aromatic rings. The van der Waals surface area contributed by atoms with Gasteiger partial charge in [0, 0.05) is 25.2 Å². The van der Waals surface area contributed by atoms with Crippen molar-refractivity contribution in [2.24, 2.45) is 5.92 Å². The average molecular weight is 256 g/mol. The third-order valence-electron chi connectivity index (χ3n) is 3.93. The average Bonchev–Trinajstić information content (AvgIpc) is 2.30. The van der Waals surface area contributed by atoms with Crippen molar-refractivity contribution in [3.8, 4) is 0 Å². The number of piperidine rings is 1. The molecule has 17 heavy (non-hydrogen) atoms. The number of nitrogens with one attached hydrogen (secondary N) is 1. The standard InChI is InChI=1S/C14H28N2S/c1-12(2)15-14-4-3-7-16(11-14)10-13-5-8-17-9-6-13/h12-15H,3-11H2,1-2H3. The van der Waals surface area contributed by atoms with Crippen molar-refractivity contribution in [2.45, 2.75) is 51.6 Å². The van der Waals surface area contributed by atoms with E-state index < -0.39 is 0 Å². The van der Waals surface area contributed by atoms with E-state index in [4.69, 9.17) is 0 Å². The lowest BCUT2D eigenvalue weighted by Crippen LogP contribution is -2.49. The van der Waals surface area contributed by atoms with E-state index in [1.54, 1.807) is 0 Å². The van der Waals surface area contributed by atoms with Crippen LogP contribution >= 0.6 is 11.8 Å². The van der Waals surface area contributed by atoms with Crippen molar-refractivity contribution in [1.82, 2.24) is 10.2 Å². The van der Waals surface area contributed by atoms with Gasteiger partial charge in [0.15, 0.2) is 0 Å². The van der Waals surface area contributed by atoms with Crippen LogP contribution in [0.5, 0.6) is 0 Å². The molecule has 1 N–H and O–H groups in total. The summed E-state index contributed by atoms with van der Waals surface area (Å²) in [6, 6.07) is 1.37. The third-order valence-corrected chi connectivity index (χ3v) is 4.98. The normalized spacial score (nSPS) is 28.8. The molecule has 2 heterocycles. The number of nitrogens with zero attached hydrogens (tertiary/aromatic N) is 1. The predicted octanol–water partition coefficient (Wildman–Crippen LogP) is 2.59. The zero-order valence-corrected chi connectivity index (χ0v) is 12.3. The van der Waals surface area contributed by atoms with Crippen LogP contribution in [-0.4, -0.2) is 48.1 Å². The number of thioether (sulfide) groups is 1. The third kappa shape index (κ3) is 4.80. The minimum Gasteiger partial charge on any atom is -0.311 e. The smallest absolute Gasteiger partial charge is 0.0197 e. The Kier molecular flexibility index (Phi) is 5.64. The lowest BCUT2D eigenvalue weighted by molar-refractivity contribution is 0.158. The number of rotatable bonds is 4. The predicted molar refractivity (Wildman–Crippen MR) is 77.8 cm³/mol. The molecule has 1 atom stereocenters. The molecule has 3 heteroatoms. The van der Waals surface area contributed by atoms with E-state index in [0.29, 0.717) is 6.04 Å². The van der Waals surface area contributed by atoms with Crippen LogP contribution in [-0.2, 0) is 0 Å². The summed E-state index contributed by atoms with van der Waals surface area (Å²) in [5, 5.41) is 3.70. The molecule has 0 saturated carbocycles. The topological polar surface area (TPSA) is 15.3 Å². The van der Waals surface area contributed by atoms with Crippen LogP contribution < -0.4 is 5.32 Å². The van der Waals surface area contributed by atoms with Crippen LogP contribution in [0.15, 0.2) is 0 Å². The lowest BCUT2D eigenvalue weighted by Gasteiger charge is -2.37. The maximum absolute atomic E-state index is 3.70. The summed E-state index contributed by atoms with van der Waals surface area (Å²) in [6.45, 7) is 8.49. The van der Waals surface area contributed by atoms with Gasteiger partial charge in [0.25, 0.3) is 0 Å². The molecule has 0 bridgehead atoms. The molecule has 0 aromatic carbocycles. The van der Waals surface area contributed by atoms with Crippen molar-refractivity contribution >= 4 is 11.8 Å². The second-order valence-electron chi connectivity index (χ2n) is 5.98. The van der Waals surface area contributed by atoms with Gasteiger partial charge in [0.05, 0.1) is 0 Å². The molecule has 0 amide bonds. The Morgan fingerprint density at radius 1 is 1.24 bits per heavy atom. The fourth-order valence-corrected chi connectivity index (χ4v) is 4.33. The summed E-state index contributed by atoms with van der Waals surface area (Å²) >= 11 is 2.14. The monoisotopic (exact) mass is 256 g/mol. The number of hydrogen-bond acceptors (Lipinski definition) is 3. The fourth-order valence-electron chi connectivity index (χ4n) is 3.12. The van der Waals surface area contributed by atoms with E-state index in [1.165, 1.54) is 56.8 Å². The largest absolute Gasteiger partial charge is 0.311 e. The maximum Gasteiger partial charge on any atom is 0.0197 e. The van der Waals surface area contributed by atoms with Gasteiger partial charge >= 0.3 is 0 Å². The van der Waals surface area contributed by atoms with Crippen molar-refractivity contribution in [2.75, 3.05) is 31.1 Å². The molecule has 2 fully saturated rings. The van der Waals surface area contributed by atoms with E-state index >= 15 is 0 Å². The quantitative estimate of drug-likeness (QED) is 0.832. The zero-order valence-electron chi connectivity index (χ0n) is 11.5. The second-order valence-corrected chi connectivity index (χ2v) is 7.20. The van der Waals surface area contributed by atoms with Gasteiger partial charge in [0.2, 0.25) is 0 Å². The first-order chi connectivity index (χ1) is 8.24. The Labute approximate surface area is 111 Å². The fraction of sp³-hybridized carbons (Fsp3) is 1.00. The molecule has 100 valence electrons. The number of hydrogen-bond donors (Lipinski definition) is 1. The summed E-state index contributed by atoms with van der Waals surface area (Å²) in [7, 11) is 0. The van der Waals surface area contributed by atoms with Crippen LogP contribution in [0.25, 0.3) is 0 Å². The summed E-state index contributed by atoms with van der Waals surface area (Å²) < 4.78 is 0. The van der Waals surface area contributed by atoms with Crippen molar-refractivity contribution in [3.63, 3.8) is 0 Å². The van der Waals surface area contributed by atoms with Gasteiger partial charge in [-0.05, 0) is 49.7 Å². The van der Waals surface area contributed by atoms with Gasteiger partial charge in [-0.25, -0.2) is 0 Å². The van der Waals surface area contributed by atoms with Crippen LogP contribution in [0.2, 0.25) is 0 Å². The van der Waals surface area contributed by atoms with Crippen molar-refractivity contribution < 1.29 is 0 Å². The van der Waals surface area contributed by atoms with Gasteiger partial charge in [-0.2, -0.15) is 11.8 Å². The van der Waals surface area contributed by atoms with E-state index in [1.807, 2.05) is 0 Å². The second kappa shape index (κ2) is 7.01. The van der Waals surface area contributed by atoms with E-state index in [-0.39, 0.29) is 0 Å². The zero-order chi connectivity index (χ0) is 12.1. The Balaban J connectivity index is 1.72. The maximum atomic E-state index is 3.70. The summed E-state index contributed by atoms with van der Waals surface area (Å²) in [5.74, 6) is 3.77. The molecule has 2 aliphatic rings. The Bertz CT molecular complexity index is 214. The highest BCUT2D eigenvalue weighted by Crippen LogP contribution is 2.24. The first-order valence-electron chi connectivity index (χ1n) is 7.30. The first-order valence-corrected chi connectivity index (χ1v) is 8.45. The summed E-state index contributed by atoms with van der Waals surface area (Å²) in [6.07, 6.45) is 5.65. The molecule has 0 aromatic heterocycles. The van der Waals surface area contributed by atoms with E-state index in [2.05, 4.69) is 35.8 Å². The van der Waals surface area contributed by atoms with Gasteiger partial charge in [-0.15, -0.1) is 0 Å². The van der Waals surface area contributed by atoms with Crippen molar-refractivity contribution in [3.05, 3.63) is 0 Å². The first kappa shape index (κ1) is 13.7. The molecule has 2 saturated heterocycles. The van der Waals surface area contributed by atoms with Gasteiger partial charge < -0.3 is 10.2 Å². The molecule has 0 aliphatic carbocycles. The minimum absolute atomic E-state index is 0.631. The highest BCUT2D eigenvalue weighted by Gasteiger charge is 2.23. The molecule has 2 nitrogen and oxygen atoms in total. The summed E-state index contributed by atoms with van der Waals surface area (Å²) in [4.78, 5) is 2.71. The molecule has 2 aliphatic heterocycles. The molecule has 0 radical (unpaired) electrons. The number of likely N-dealkylation sites (tertiary alicyclic amines) is 1. The highest BCUT2D eigenvalue weighted by atomic mass is 32.2. The van der Waals surface area contributed by atoms with Crippen LogP contribution in [0, 0.1) is 5.92 Å². The molecular weight excluding hydrogens is 228 g/mol. The Morgan fingerprint density at radius 3 is 2.71 bits per heavy atom. The lowest BCUT2D eigenvalue weighted by atomic mass is 9.99. The molecule has 2 rings (SSSR count). The Morgan fingerprint density at radius 2 is 2.00 bits per heavy atom. The van der Waals surface area contributed by atoms with Crippen LogP contribution in [0.1, 0.15) is 39.5 Å². The Hall–Kier alpha value is 0.270. The minimum atomic E-state index is 0.631. The van der Waals surface area contributed by atoms with E-state index in [9.17, 15) is 0 Å². The highest BCUT2D eigenvalue weighted by molar-refractivity contribution is 7.99. The molecule has 1 unspecified atom stereocenters. The summed E-state index contributed by atoms with van der Waals surface area (Å²) in [5.41, 5.74) is 0. The molecule has 0 spiro atoms. The van der Waals surface area contributed by atoms with Gasteiger partial charge in [-0.1, -0.05) is 13.8 Å². The van der Waals surface area contributed by atoms with E-state index in [0.717, 1.165) is 12.0 Å². The van der Waals surface area contributed by atoms with Crippen molar-refractivity contribution in [1.29, 1.82) is 0 Å². The molecular formula is C14H28N2S. The van der Waals surface area contributed by atoms with Crippen LogP contribution in [0.4, 0.5) is 0 Å². The SMILES string of the molecule is CC(C)NC1CCCN(CC2CCSCC2)C1. The van der Waals surface area contributed by atoms with Gasteiger partial charge in [0.1, 0.15) is 0 Å². The van der Waals surface area contributed by atoms with Gasteiger partial charge in [-0.3, -0.25) is 0 Å². The van der Waals surface area contributed by atoms with Crippen LogP contribution in [0.3, 0.4) is 0 Å².